The Balaban J connectivity index is 1.69. The van der Waals surface area contributed by atoms with Gasteiger partial charge in [0.15, 0.2) is 0 Å². The van der Waals surface area contributed by atoms with Crippen molar-refractivity contribution in [3.05, 3.63) is 66.2 Å². The van der Waals surface area contributed by atoms with Crippen molar-refractivity contribution in [3.8, 4) is 11.8 Å². The fourth-order valence-electron chi connectivity index (χ4n) is 3.44. The van der Waals surface area contributed by atoms with Gasteiger partial charge in [-0.05, 0) is 29.7 Å². The Hall–Kier alpha value is -3.10. The summed E-state index contributed by atoms with van der Waals surface area (Å²) in [7, 11) is 1.59. The van der Waals surface area contributed by atoms with E-state index in [1.54, 1.807) is 12.0 Å². The smallest absolute Gasteiger partial charge is 0.241 e. The summed E-state index contributed by atoms with van der Waals surface area (Å²) in [5, 5.41) is 8.99. The summed E-state index contributed by atoms with van der Waals surface area (Å²) in [6.07, 6.45) is 3.40. The van der Waals surface area contributed by atoms with E-state index < -0.39 is 0 Å². The first kappa shape index (κ1) is 19.7. The summed E-state index contributed by atoms with van der Waals surface area (Å²) >= 11 is 0. The first-order chi connectivity index (χ1) is 13.7. The molecule has 144 valence electrons. The average Bonchev–Trinajstić information content (AvgIpc) is 2.75. The predicted octanol–water partition coefficient (Wildman–Crippen LogP) is 3.73. The van der Waals surface area contributed by atoms with Gasteiger partial charge < -0.3 is 9.64 Å². The third-order valence-electron chi connectivity index (χ3n) is 4.92. The van der Waals surface area contributed by atoms with Crippen LogP contribution in [0, 0.1) is 11.3 Å². The summed E-state index contributed by atoms with van der Waals surface area (Å²) in [6, 6.07) is 19.9. The van der Waals surface area contributed by atoms with Gasteiger partial charge in [-0.15, -0.1) is 0 Å². The van der Waals surface area contributed by atoms with Crippen LogP contribution in [0.5, 0.6) is 5.75 Å². The largest absolute Gasteiger partial charge is 0.495 e. The molecule has 0 unspecified atom stereocenters. The Morgan fingerprint density at radius 3 is 2.61 bits per heavy atom. The van der Waals surface area contributed by atoms with Crippen molar-refractivity contribution < 1.29 is 9.53 Å². The maximum Gasteiger partial charge on any atom is 0.241 e. The van der Waals surface area contributed by atoms with Crippen LogP contribution in [0.4, 0.5) is 5.69 Å². The van der Waals surface area contributed by atoms with Crippen LogP contribution in [0.2, 0.25) is 0 Å². The maximum absolute atomic E-state index is 13.0. The van der Waals surface area contributed by atoms with Crippen molar-refractivity contribution >= 4 is 17.2 Å². The Bertz CT molecular complexity index is 871. The Morgan fingerprint density at radius 1 is 1.18 bits per heavy atom. The number of carbonyl (C=O) groups excluding carboxylic acids is 1. The molecule has 2 aromatic rings. The summed E-state index contributed by atoms with van der Waals surface area (Å²) in [5.41, 5.74) is 3.29. The number of para-hydroxylation sites is 2. The van der Waals surface area contributed by atoms with Gasteiger partial charge in [0.1, 0.15) is 5.75 Å². The van der Waals surface area contributed by atoms with Crippen LogP contribution in [0.15, 0.2) is 60.7 Å². The second-order valence-corrected chi connectivity index (χ2v) is 6.71. The van der Waals surface area contributed by atoms with E-state index in [1.165, 1.54) is 11.1 Å². The SMILES string of the molecule is COc1ccccc1N(CCC#N)C(=O)CN1CC=C(c2ccccc2)CC1. The van der Waals surface area contributed by atoms with Crippen molar-refractivity contribution in [2.75, 3.05) is 38.2 Å². The summed E-state index contributed by atoms with van der Waals surface area (Å²) in [6.45, 7) is 2.26. The zero-order valence-corrected chi connectivity index (χ0v) is 16.2. The highest BCUT2D eigenvalue weighted by atomic mass is 16.5. The van der Waals surface area contributed by atoms with E-state index in [2.05, 4.69) is 29.2 Å². The van der Waals surface area contributed by atoms with E-state index in [-0.39, 0.29) is 12.3 Å². The molecule has 1 heterocycles. The average molecular weight is 375 g/mol. The number of nitrogens with zero attached hydrogens (tertiary/aromatic N) is 3. The molecule has 0 radical (unpaired) electrons. The molecule has 1 amide bonds. The zero-order valence-electron chi connectivity index (χ0n) is 16.2. The molecular weight excluding hydrogens is 350 g/mol. The molecule has 0 bridgehead atoms. The lowest BCUT2D eigenvalue weighted by molar-refractivity contribution is -0.119. The number of methoxy groups -OCH3 is 1. The Kier molecular flexibility index (Phi) is 6.83. The molecule has 0 atom stereocenters. The van der Waals surface area contributed by atoms with E-state index in [0.29, 0.717) is 24.5 Å². The first-order valence-electron chi connectivity index (χ1n) is 9.50. The standard InChI is InChI=1S/C23H25N3O2/c1-28-22-11-6-5-10-21(22)26(15-7-14-24)23(27)18-25-16-12-20(13-17-25)19-8-3-2-4-9-19/h2-6,8-12H,7,13,15-18H2,1H3. The number of carbonyl (C=O) groups is 1. The van der Waals surface area contributed by atoms with Crippen LogP contribution in [0.3, 0.4) is 0 Å². The van der Waals surface area contributed by atoms with Gasteiger partial charge in [-0.3, -0.25) is 9.69 Å². The lowest BCUT2D eigenvalue weighted by Gasteiger charge is -2.30. The van der Waals surface area contributed by atoms with Crippen LogP contribution >= 0.6 is 0 Å². The molecule has 0 spiro atoms. The molecule has 5 heteroatoms. The number of hydrogen-bond donors (Lipinski definition) is 0. The minimum atomic E-state index is -0.0173. The minimum Gasteiger partial charge on any atom is -0.495 e. The molecule has 2 aromatic carbocycles. The maximum atomic E-state index is 13.0. The van der Waals surface area contributed by atoms with Gasteiger partial charge >= 0.3 is 0 Å². The van der Waals surface area contributed by atoms with Crippen LogP contribution in [0.1, 0.15) is 18.4 Å². The van der Waals surface area contributed by atoms with Crippen LogP contribution in [-0.2, 0) is 4.79 Å². The third-order valence-corrected chi connectivity index (χ3v) is 4.92. The van der Waals surface area contributed by atoms with E-state index in [1.807, 2.05) is 42.5 Å². The molecule has 0 N–H and O–H groups in total. The van der Waals surface area contributed by atoms with Crippen molar-refractivity contribution in [2.45, 2.75) is 12.8 Å². The van der Waals surface area contributed by atoms with Crippen molar-refractivity contribution in [1.29, 1.82) is 5.26 Å². The van der Waals surface area contributed by atoms with E-state index >= 15 is 0 Å². The minimum absolute atomic E-state index is 0.0173. The molecule has 0 aromatic heterocycles. The third kappa shape index (κ3) is 4.79. The normalized spacial score (nSPS) is 14.1. The molecular formula is C23H25N3O2. The summed E-state index contributed by atoms with van der Waals surface area (Å²) in [5.74, 6) is 0.620. The molecule has 0 fully saturated rings. The van der Waals surface area contributed by atoms with E-state index in [9.17, 15) is 4.79 Å². The number of rotatable bonds is 7. The molecule has 5 nitrogen and oxygen atoms in total. The Labute approximate surface area is 166 Å². The van der Waals surface area contributed by atoms with Gasteiger partial charge in [-0.25, -0.2) is 0 Å². The molecule has 0 saturated carbocycles. The Morgan fingerprint density at radius 2 is 1.93 bits per heavy atom. The monoisotopic (exact) mass is 375 g/mol. The number of ether oxygens (including phenoxy) is 1. The lowest BCUT2D eigenvalue weighted by Crippen LogP contribution is -2.42. The van der Waals surface area contributed by atoms with Crippen LogP contribution < -0.4 is 9.64 Å². The van der Waals surface area contributed by atoms with Crippen LogP contribution in [-0.4, -0.2) is 44.1 Å². The quantitative estimate of drug-likeness (QED) is 0.740. The number of nitriles is 1. The number of benzene rings is 2. The van der Waals surface area contributed by atoms with Gasteiger partial charge in [-0.1, -0.05) is 48.5 Å². The van der Waals surface area contributed by atoms with Crippen molar-refractivity contribution in [1.82, 2.24) is 4.90 Å². The molecule has 1 aliphatic heterocycles. The number of anilines is 1. The highest BCUT2D eigenvalue weighted by Gasteiger charge is 2.22. The fourth-order valence-corrected chi connectivity index (χ4v) is 3.44. The second-order valence-electron chi connectivity index (χ2n) is 6.71. The van der Waals surface area contributed by atoms with Gasteiger partial charge in [0.05, 0.1) is 31.8 Å². The highest BCUT2D eigenvalue weighted by molar-refractivity contribution is 5.96. The topological polar surface area (TPSA) is 56.6 Å². The predicted molar refractivity (Wildman–Crippen MR) is 111 cm³/mol. The molecule has 0 aliphatic carbocycles. The van der Waals surface area contributed by atoms with Crippen molar-refractivity contribution in [2.24, 2.45) is 0 Å². The second kappa shape index (κ2) is 9.72. The zero-order chi connectivity index (χ0) is 19.8. The molecule has 3 rings (SSSR count). The lowest BCUT2D eigenvalue weighted by atomic mass is 9.99. The van der Waals surface area contributed by atoms with Gasteiger partial charge in [0.25, 0.3) is 0 Å². The molecule has 0 saturated heterocycles. The van der Waals surface area contributed by atoms with Gasteiger partial charge in [0.2, 0.25) is 5.91 Å². The number of hydrogen-bond acceptors (Lipinski definition) is 4. The van der Waals surface area contributed by atoms with Gasteiger partial charge in [-0.2, -0.15) is 5.26 Å². The van der Waals surface area contributed by atoms with Crippen molar-refractivity contribution in [3.63, 3.8) is 0 Å². The highest BCUT2D eigenvalue weighted by Crippen LogP contribution is 2.28. The fraction of sp³-hybridized carbons (Fsp3) is 0.304. The molecule has 28 heavy (non-hydrogen) atoms. The van der Waals surface area contributed by atoms with Gasteiger partial charge in [0, 0.05) is 19.6 Å². The first-order valence-corrected chi connectivity index (χ1v) is 9.50. The van der Waals surface area contributed by atoms with E-state index in [0.717, 1.165) is 19.5 Å². The van der Waals surface area contributed by atoms with Crippen LogP contribution in [0.25, 0.3) is 5.57 Å². The van der Waals surface area contributed by atoms with E-state index in [4.69, 9.17) is 10.00 Å². The summed E-state index contributed by atoms with van der Waals surface area (Å²) < 4.78 is 5.41. The molecule has 1 aliphatic rings. The summed E-state index contributed by atoms with van der Waals surface area (Å²) in [4.78, 5) is 16.8. The number of amides is 1.